The number of carbonyl (C=O) groups is 1. The van der Waals surface area contributed by atoms with Crippen LogP contribution in [0.3, 0.4) is 0 Å². The predicted molar refractivity (Wildman–Crippen MR) is 70.1 cm³/mol. The van der Waals surface area contributed by atoms with Crippen molar-refractivity contribution in [1.29, 1.82) is 0 Å². The van der Waals surface area contributed by atoms with Gasteiger partial charge in [0.1, 0.15) is 0 Å². The van der Waals surface area contributed by atoms with Gasteiger partial charge >= 0.3 is 6.03 Å². The third kappa shape index (κ3) is 2.35. The summed E-state index contributed by atoms with van der Waals surface area (Å²) in [6.45, 7) is 4.34. The van der Waals surface area contributed by atoms with Gasteiger partial charge in [0.2, 0.25) is 0 Å². The summed E-state index contributed by atoms with van der Waals surface area (Å²) in [4.78, 5) is 16.0. The second-order valence-corrected chi connectivity index (χ2v) is 4.28. The molecular formula is C13H19N3O. The van der Waals surface area contributed by atoms with Crippen molar-refractivity contribution in [1.82, 2.24) is 4.90 Å². The Morgan fingerprint density at radius 2 is 2.00 bits per heavy atom. The van der Waals surface area contributed by atoms with E-state index in [1.807, 2.05) is 36.1 Å². The number of likely N-dealkylation sites (tertiary alicyclic amines) is 1. The van der Waals surface area contributed by atoms with Crippen molar-refractivity contribution in [3.05, 3.63) is 24.3 Å². The Hall–Kier alpha value is -1.71. The van der Waals surface area contributed by atoms with Crippen molar-refractivity contribution >= 4 is 17.4 Å². The zero-order valence-electron chi connectivity index (χ0n) is 10.2. The van der Waals surface area contributed by atoms with Gasteiger partial charge in [0.15, 0.2) is 0 Å². The van der Waals surface area contributed by atoms with Gasteiger partial charge < -0.3 is 10.6 Å². The van der Waals surface area contributed by atoms with Crippen molar-refractivity contribution in [2.24, 2.45) is 0 Å². The van der Waals surface area contributed by atoms with E-state index < -0.39 is 0 Å². The van der Waals surface area contributed by atoms with Crippen LogP contribution in [-0.4, -0.2) is 30.6 Å². The lowest BCUT2D eigenvalue weighted by molar-refractivity contribution is 0.216. The third-order valence-electron chi connectivity index (χ3n) is 3.15. The number of nitrogens with two attached hydrogens (primary N) is 1. The number of para-hydroxylation sites is 2. The molecule has 0 spiro atoms. The molecule has 0 saturated carbocycles. The van der Waals surface area contributed by atoms with Crippen LogP contribution in [0.2, 0.25) is 0 Å². The second kappa shape index (κ2) is 5.08. The Balaban J connectivity index is 2.21. The van der Waals surface area contributed by atoms with E-state index in [9.17, 15) is 4.79 Å². The van der Waals surface area contributed by atoms with Gasteiger partial charge in [0, 0.05) is 19.6 Å². The number of benzene rings is 1. The largest absolute Gasteiger partial charge is 0.397 e. The molecule has 1 saturated heterocycles. The molecule has 2 rings (SSSR count). The molecule has 1 aliphatic heterocycles. The summed E-state index contributed by atoms with van der Waals surface area (Å²) in [5, 5.41) is 0. The maximum atomic E-state index is 12.3. The molecule has 0 aliphatic carbocycles. The number of hydrogen-bond acceptors (Lipinski definition) is 2. The molecule has 0 unspecified atom stereocenters. The topological polar surface area (TPSA) is 49.6 Å². The number of urea groups is 1. The normalized spacial score (nSPS) is 15.0. The summed E-state index contributed by atoms with van der Waals surface area (Å²) in [7, 11) is 0. The van der Waals surface area contributed by atoms with Crippen molar-refractivity contribution in [3.63, 3.8) is 0 Å². The molecule has 17 heavy (non-hydrogen) atoms. The Kier molecular flexibility index (Phi) is 3.52. The van der Waals surface area contributed by atoms with Crippen LogP contribution in [0.15, 0.2) is 24.3 Å². The summed E-state index contributed by atoms with van der Waals surface area (Å²) >= 11 is 0. The van der Waals surface area contributed by atoms with E-state index in [1.54, 1.807) is 4.90 Å². The summed E-state index contributed by atoms with van der Waals surface area (Å²) < 4.78 is 0. The van der Waals surface area contributed by atoms with Gasteiger partial charge in [0.05, 0.1) is 11.4 Å². The summed E-state index contributed by atoms with van der Waals surface area (Å²) in [5.41, 5.74) is 7.39. The summed E-state index contributed by atoms with van der Waals surface area (Å²) in [6.07, 6.45) is 2.21. The molecule has 1 heterocycles. The quantitative estimate of drug-likeness (QED) is 0.797. The minimum atomic E-state index is 0.0721. The van der Waals surface area contributed by atoms with Crippen LogP contribution in [0, 0.1) is 0 Å². The van der Waals surface area contributed by atoms with Crippen LogP contribution >= 0.6 is 0 Å². The first-order valence-electron chi connectivity index (χ1n) is 6.15. The van der Waals surface area contributed by atoms with Gasteiger partial charge in [-0.05, 0) is 31.9 Å². The number of carbonyl (C=O) groups excluding carboxylic acids is 1. The molecule has 2 amide bonds. The standard InChI is InChI=1S/C13H19N3O/c1-2-16(12-8-4-3-7-11(12)14)13(17)15-9-5-6-10-15/h3-4,7-8H,2,5-6,9-10,14H2,1H3. The van der Waals surface area contributed by atoms with Crippen molar-refractivity contribution in [2.45, 2.75) is 19.8 Å². The van der Waals surface area contributed by atoms with E-state index in [0.29, 0.717) is 12.2 Å². The van der Waals surface area contributed by atoms with Gasteiger partial charge in [-0.2, -0.15) is 0 Å². The van der Waals surface area contributed by atoms with Crippen LogP contribution in [-0.2, 0) is 0 Å². The third-order valence-corrected chi connectivity index (χ3v) is 3.15. The monoisotopic (exact) mass is 233 g/mol. The SMILES string of the molecule is CCN(C(=O)N1CCCC1)c1ccccc1N. The Labute approximate surface area is 102 Å². The first kappa shape index (κ1) is 11.8. The van der Waals surface area contributed by atoms with E-state index in [4.69, 9.17) is 5.73 Å². The summed E-state index contributed by atoms with van der Waals surface area (Å²) in [6, 6.07) is 7.59. The Bertz CT molecular complexity index is 399. The molecule has 0 atom stereocenters. The minimum Gasteiger partial charge on any atom is -0.397 e. The first-order valence-corrected chi connectivity index (χ1v) is 6.15. The Morgan fingerprint density at radius 1 is 1.35 bits per heavy atom. The lowest BCUT2D eigenvalue weighted by atomic mass is 10.2. The predicted octanol–water partition coefficient (Wildman–Crippen LogP) is 2.31. The molecule has 1 aliphatic rings. The van der Waals surface area contributed by atoms with Crippen molar-refractivity contribution in [3.8, 4) is 0 Å². The number of nitrogen functional groups attached to an aromatic ring is 1. The van der Waals surface area contributed by atoms with Crippen LogP contribution in [0.5, 0.6) is 0 Å². The maximum Gasteiger partial charge on any atom is 0.324 e. The number of rotatable bonds is 2. The number of anilines is 2. The molecule has 0 aromatic heterocycles. The molecule has 4 nitrogen and oxygen atoms in total. The lowest BCUT2D eigenvalue weighted by Gasteiger charge is -2.27. The lowest BCUT2D eigenvalue weighted by Crippen LogP contribution is -2.42. The molecule has 0 bridgehead atoms. The van der Waals surface area contributed by atoms with Gasteiger partial charge in [-0.25, -0.2) is 4.79 Å². The molecule has 2 N–H and O–H groups in total. The minimum absolute atomic E-state index is 0.0721. The fraction of sp³-hybridized carbons (Fsp3) is 0.462. The highest BCUT2D eigenvalue weighted by molar-refractivity contribution is 5.95. The zero-order chi connectivity index (χ0) is 12.3. The number of hydrogen-bond donors (Lipinski definition) is 1. The molecule has 1 fully saturated rings. The molecule has 0 radical (unpaired) electrons. The van der Waals surface area contributed by atoms with E-state index >= 15 is 0 Å². The van der Waals surface area contributed by atoms with E-state index in [2.05, 4.69) is 0 Å². The van der Waals surface area contributed by atoms with Crippen LogP contribution in [0.1, 0.15) is 19.8 Å². The molecule has 4 heteroatoms. The van der Waals surface area contributed by atoms with Crippen LogP contribution in [0.25, 0.3) is 0 Å². The molecule has 1 aromatic carbocycles. The number of amides is 2. The van der Waals surface area contributed by atoms with Crippen molar-refractivity contribution in [2.75, 3.05) is 30.3 Å². The highest BCUT2D eigenvalue weighted by atomic mass is 16.2. The van der Waals surface area contributed by atoms with Gasteiger partial charge in [-0.3, -0.25) is 4.90 Å². The van der Waals surface area contributed by atoms with Crippen LogP contribution in [0.4, 0.5) is 16.2 Å². The highest BCUT2D eigenvalue weighted by Gasteiger charge is 2.24. The smallest absolute Gasteiger partial charge is 0.324 e. The number of nitrogens with zero attached hydrogens (tertiary/aromatic N) is 2. The average Bonchev–Trinajstić information content (AvgIpc) is 2.86. The fourth-order valence-electron chi connectivity index (χ4n) is 2.22. The average molecular weight is 233 g/mol. The van der Waals surface area contributed by atoms with Crippen molar-refractivity contribution < 1.29 is 4.79 Å². The van der Waals surface area contributed by atoms with E-state index in [1.165, 1.54) is 0 Å². The molecule has 1 aromatic rings. The van der Waals surface area contributed by atoms with Gasteiger partial charge in [0.25, 0.3) is 0 Å². The highest BCUT2D eigenvalue weighted by Crippen LogP contribution is 2.24. The molecular weight excluding hydrogens is 214 g/mol. The fourth-order valence-corrected chi connectivity index (χ4v) is 2.22. The first-order chi connectivity index (χ1) is 8.24. The van der Waals surface area contributed by atoms with Gasteiger partial charge in [-0.1, -0.05) is 12.1 Å². The van der Waals surface area contributed by atoms with E-state index in [0.717, 1.165) is 31.6 Å². The van der Waals surface area contributed by atoms with E-state index in [-0.39, 0.29) is 6.03 Å². The second-order valence-electron chi connectivity index (χ2n) is 4.28. The molecule has 92 valence electrons. The Morgan fingerprint density at radius 3 is 2.59 bits per heavy atom. The maximum absolute atomic E-state index is 12.3. The summed E-state index contributed by atoms with van der Waals surface area (Å²) in [5.74, 6) is 0. The zero-order valence-corrected chi connectivity index (χ0v) is 10.2. The van der Waals surface area contributed by atoms with Gasteiger partial charge in [-0.15, -0.1) is 0 Å². The van der Waals surface area contributed by atoms with Crippen LogP contribution < -0.4 is 10.6 Å².